The van der Waals surface area contributed by atoms with Crippen LogP contribution in [0.4, 0.5) is 0 Å². The van der Waals surface area contributed by atoms with E-state index in [0.29, 0.717) is 11.3 Å². The number of hydrogen-bond donors (Lipinski definition) is 2. The van der Waals surface area contributed by atoms with Gasteiger partial charge in [0.1, 0.15) is 5.75 Å². The van der Waals surface area contributed by atoms with Gasteiger partial charge < -0.3 is 14.7 Å². The van der Waals surface area contributed by atoms with Crippen molar-refractivity contribution in [3.05, 3.63) is 65.0 Å². The summed E-state index contributed by atoms with van der Waals surface area (Å²) in [5.41, 5.74) is 5.38. The van der Waals surface area contributed by atoms with Gasteiger partial charge in [-0.1, -0.05) is 0 Å². The van der Waals surface area contributed by atoms with Crippen molar-refractivity contribution in [1.29, 1.82) is 0 Å². The van der Waals surface area contributed by atoms with Gasteiger partial charge >= 0.3 is 0 Å². The first-order valence-electron chi connectivity index (χ1n) is 7.87. The van der Waals surface area contributed by atoms with E-state index < -0.39 is 0 Å². The highest BCUT2D eigenvalue weighted by Crippen LogP contribution is 2.28. The van der Waals surface area contributed by atoms with Crippen LogP contribution >= 0.6 is 0 Å². The van der Waals surface area contributed by atoms with Crippen molar-refractivity contribution in [2.24, 2.45) is 0 Å². The molecule has 0 radical (unpaired) electrons. The van der Waals surface area contributed by atoms with Gasteiger partial charge in [0.25, 0.3) is 0 Å². The molecule has 24 heavy (non-hydrogen) atoms. The number of benzene rings is 2. The average Bonchev–Trinajstić information content (AvgIpc) is 3.14. The molecule has 2 aromatic heterocycles. The molecule has 4 rings (SSSR count). The minimum absolute atomic E-state index is 0.00478. The van der Waals surface area contributed by atoms with Crippen LogP contribution < -0.4 is 4.74 Å². The summed E-state index contributed by atoms with van der Waals surface area (Å²) in [6, 6.07) is 11.6. The number of rotatable bonds is 3. The lowest BCUT2D eigenvalue weighted by Crippen LogP contribution is -2.03. The van der Waals surface area contributed by atoms with E-state index in [1.54, 1.807) is 7.11 Å². The Bertz CT molecular complexity index is 1090. The van der Waals surface area contributed by atoms with E-state index in [-0.39, 0.29) is 5.78 Å². The number of ketones is 1. The highest BCUT2D eigenvalue weighted by molar-refractivity contribution is 6.13. The summed E-state index contributed by atoms with van der Waals surface area (Å²) < 4.78 is 5.28. The summed E-state index contributed by atoms with van der Waals surface area (Å²) in [4.78, 5) is 19.5. The number of carbonyl (C=O) groups excluding carboxylic acids is 1. The van der Waals surface area contributed by atoms with Gasteiger partial charge in [0.15, 0.2) is 0 Å². The van der Waals surface area contributed by atoms with Crippen molar-refractivity contribution >= 4 is 27.6 Å². The van der Waals surface area contributed by atoms with Crippen molar-refractivity contribution < 1.29 is 9.53 Å². The molecule has 120 valence electrons. The zero-order valence-electron chi connectivity index (χ0n) is 13.9. The maximum atomic E-state index is 13.0. The molecule has 0 amide bonds. The quantitative estimate of drug-likeness (QED) is 0.546. The van der Waals surface area contributed by atoms with E-state index in [2.05, 4.69) is 9.97 Å². The van der Waals surface area contributed by atoms with Gasteiger partial charge in [-0.05, 0) is 61.4 Å². The fraction of sp³-hybridized carbons (Fsp3) is 0.150. The predicted octanol–water partition coefficient (Wildman–Crippen LogP) is 4.51. The molecule has 0 atom stereocenters. The van der Waals surface area contributed by atoms with Gasteiger partial charge in [0.2, 0.25) is 5.78 Å². The van der Waals surface area contributed by atoms with E-state index in [1.807, 2.05) is 56.4 Å². The lowest BCUT2D eigenvalue weighted by atomic mass is 10.0. The number of carbonyl (C=O) groups is 1. The maximum Gasteiger partial charge on any atom is 0.209 e. The molecule has 0 aliphatic rings. The SMILES string of the molecule is COc1ccc2[nH]c(C(=O)c3ccc4[nH]cc(C)c4c3)c(C)c2c1. The van der Waals surface area contributed by atoms with Crippen molar-refractivity contribution in [2.45, 2.75) is 13.8 Å². The summed E-state index contributed by atoms with van der Waals surface area (Å²) in [7, 11) is 1.64. The van der Waals surface area contributed by atoms with Gasteiger partial charge in [-0.25, -0.2) is 0 Å². The molecule has 0 saturated heterocycles. The first-order chi connectivity index (χ1) is 11.6. The Kier molecular flexibility index (Phi) is 3.20. The smallest absolute Gasteiger partial charge is 0.209 e. The highest BCUT2D eigenvalue weighted by Gasteiger charge is 2.17. The van der Waals surface area contributed by atoms with Crippen LogP contribution in [0.15, 0.2) is 42.6 Å². The van der Waals surface area contributed by atoms with E-state index in [9.17, 15) is 4.79 Å². The Morgan fingerprint density at radius 2 is 1.79 bits per heavy atom. The van der Waals surface area contributed by atoms with Crippen molar-refractivity contribution in [3.63, 3.8) is 0 Å². The largest absolute Gasteiger partial charge is 0.497 e. The maximum absolute atomic E-state index is 13.0. The molecule has 4 heteroatoms. The predicted molar refractivity (Wildman–Crippen MR) is 96.1 cm³/mol. The second-order valence-electron chi connectivity index (χ2n) is 6.10. The van der Waals surface area contributed by atoms with Crippen LogP contribution in [0.3, 0.4) is 0 Å². The van der Waals surface area contributed by atoms with Crippen LogP contribution in [0.2, 0.25) is 0 Å². The van der Waals surface area contributed by atoms with Crippen LogP contribution in [0.5, 0.6) is 5.75 Å². The first-order valence-corrected chi connectivity index (χ1v) is 7.87. The van der Waals surface area contributed by atoms with Gasteiger partial charge in [-0.15, -0.1) is 0 Å². The Morgan fingerprint density at radius 1 is 1.00 bits per heavy atom. The van der Waals surface area contributed by atoms with E-state index in [1.165, 1.54) is 0 Å². The molecule has 4 nitrogen and oxygen atoms in total. The zero-order chi connectivity index (χ0) is 16.8. The molecule has 0 fully saturated rings. The molecule has 0 aliphatic carbocycles. The summed E-state index contributed by atoms with van der Waals surface area (Å²) in [6.07, 6.45) is 1.96. The monoisotopic (exact) mass is 318 g/mol. The molecule has 2 N–H and O–H groups in total. The van der Waals surface area contributed by atoms with Crippen LogP contribution in [-0.4, -0.2) is 22.9 Å². The molecule has 0 saturated carbocycles. The number of fused-ring (bicyclic) bond motifs is 2. The van der Waals surface area contributed by atoms with Gasteiger partial charge in [0.05, 0.1) is 12.8 Å². The third-order valence-electron chi connectivity index (χ3n) is 4.64. The van der Waals surface area contributed by atoms with Crippen LogP contribution in [-0.2, 0) is 0 Å². The summed E-state index contributed by atoms with van der Waals surface area (Å²) in [6.45, 7) is 4.00. The minimum Gasteiger partial charge on any atom is -0.497 e. The summed E-state index contributed by atoms with van der Waals surface area (Å²) in [5, 5.41) is 2.09. The van der Waals surface area contributed by atoms with Gasteiger partial charge in [-0.2, -0.15) is 0 Å². The highest BCUT2D eigenvalue weighted by atomic mass is 16.5. The topological polar surface area (TPSA) is 57.9 Å². The van der Waals surface area contributed by atoms with E-state index >= 15 is 0 Å². The van der Waals surface area contributed by atoms with Gasteiger partial charge in [-0.3, -0.25) is 4.79 Å². The number of hydrogen-bond acceptors (Lipinski definition) is 2. The molecule has 2 aromatic carbocycles. The number of aromatic nitrogens is 2. The normalized spacial score (nSPS) is 11.3. The number of methoxy groups -OCH3 is 1. The van der Waals surface area contributed by atoms with E-state index in [4.69, 9.17) is 4.74 Å². The molecular formula is C20H18N2O2. The number of nitrogens with one attached hydrogen (secondary N) is 2. The molecule has 0 spiro atoms. The Balaban J connectivity index is 1.84. The van der Waals surface area contributed by atoms with Crippen molar-refractivity contribution in [2.75, 3.05) is 7.11 Å². The summed E-state index contributed by atoms with van der Waals surface area (Å²) in [5.74, 6) is 0.790. The second-order valence-corrected chi connectivity index (χ2v) is 6.10. The van der Waals surface area contributed by atoms with Crippen LogP contribution in [0.1, 0.15) is 27.2 Å². The van der Waals surface area contributed by atoms with Crippen molar-refractivity contribution in [3.8, 4) is 5.75 Å². The molecule has 0 bridgehead atoms. The van der Waals surface area contributed by atoms with Gasteiger partial charge in [0, 0.05) is 33.6 Å². The van der Waals surface area contributed by atoms with Crippen LogP contribution in [0, 0.1) is 13.8 Å². The summed E-state index contributed by atoms with van der Waals surface area (Å²) >= 11 is 0. The lowest BCUT2D eigenvalue weighted by Gasteiger charge is -2.02. The second kappa shape index (κ2) is 5.27. The van der Waals surface area contributed by atoms with Crippen molar-refractivity contribution in [1.82, 2.24) is 9.97 Å². The number of H-pyrrole nitrogens is 2. The third kappa shape index (κ3) is 2.11. The number of ether oxygens (including phenoxy) is 1. The van der Waals surface area contributed by atoms with Crippen LogP contribution in [0.25, 0.3) is 21.8 Å². The van der Waals surface area contributed by atoms with E-state index in [0.717, 1.165) is 38.7 Å². The Morgan fingerprint density at radius 3 is 2.58 bits per heavy atom. The third-order valence-corrected chi connectivity index (χ3v) is 4.64. The average molecular weight is 318 g/mol. The molecule has 0 unspecified atom stereocenters. The molecule has 0 aliphatic heterocycles. The fourth-order valence-electron chi connectivity index (χ4n) is 3.21. The standard InChI is InChI=1S/C20H18N2O2/c1-11-10-21-17-6-4-13(8-15(11)17)20(23)19-12(2)16-9-14(24-3)5-7-18(16)22-19/h4-10,21-22H,1-3H3. The molecular weight excluding hydrogens is 300 g/mol. The minimum atomic E-state index is 0.00478. The molecule has 4 aromatic rings. The first kappa shape index (κ1) is 14.6. The number of aryl methyl sites for hydroxylation is 2. The Hall–Kier alpha value is -3.01. The molecule has 2 heterocycles. The zero-order valence-corrected chi connectivity index (χ0v) is 13.9. The lowest BCUT2D eigenvalue weighted by molar-refractivity contribution is 0.103. The Labute approximate surface area is 139 Å². The number of aromatic amines is 2. The fourth-order valence-corrected chi connectivity index (χ4v) is 3.21.